The molecule has 2 aromatic heterocycles. The van der Waals surface area contributed by atoms with Gasteiger partial charge in [-0.3, -0.25) is 29.4 Å². The Morgan fingerprint density at radius 3 is 2.48 bits per heavy atom. The van der Waals surface area contributed by atoms with E-state index >= 15 is 0 Å². The van der Waals surface area contributed by atoms with Crippen molar-refractivity contribution in [1.29, 1.82) is 0 Å². The lowest BCUT2D eigenvalue weighted by atomic mass is 10.2. The van der Waals surface area contributed by atoms with Crippen LogP contribution in [0, 0.1) is 0 Å². The van der Waals surface area contributed by atoms with Crippen LogP contribution in [-0.2, 0) is 27.3 Å². The Labute approximate surface area is 181 Å². The highest BCUT2D eigenvalue weighted by Gasteiger charge is 2.28. The van der Waals surface area contributed by atoms with Crippen LogP contribution in [0.3, 0.4) is 0 Å². The number of rotatable bonds is 7. The predicted octanol–water partition coefficient (Wildman–Crippen LogP) is 2.82. The van der Waals surface area contributed by atoms with Crippen molar-refractivity contribution in [3.63, 3.8) is 0 Å². The SMILES string of the molecule is O=C(Cc1csc(NC(=O)c2ccco2)n1)Nc1ccc(CN2C(=O)CCC2=O)cc1. The van der Waals surface area contributed by atoms with Gasteiger partial charge < -0.3 is 9.73 Å². The molecular weight excluding hydrogens is 420 g/mol. The van der Waals surface area contributed by atoms with Gasteiger partial charge in [-0.05, 0) is 29.8 Å². The van der Waals surface area contributed by atoms with E-state index in [0.717, 1.165) is 5.56 Å². The number of amides is 4. The molecule has 0 saturated carbocycles. The van der Waals surface area contributed by atoms with E-state index in [-0.39, 0.29) is 49.3 Å². The molecule has 3 heterocycles. The van der Waals surface area contributed by atoms with Gasteiger partial charge in [0, 0.05) is 23.9 Å². The first-order chi connectivity index (χ1) is 15.0. The van der Waals surface area contributed by atoms with Crippen LogP contribution in [0.25, 0.3) is 0 Å². The number of thiazole rings is 1. The van der Waals surface area contributed by atoms with Gasteiger partial charge in [0.1, 0.15) is 0 Å². The summed E-state index contributed by atoms with van der Waals surface area (Å²) in [6, 6.07) is 10.1. The number of carbonyl (C=O) groups is 4. The molecule has 31 heavy (non-hydrogen) atoms. The average molecular weight is 438 g/mol. The molecule has 1 saturated heterocycles. The maximum absolute atomic E-state index is 12.3. The fraction of sp³-hybridized carbons (Fsp3) is 0.190. The van der Waals surface area contributed by atoms with E-state index in [1.165, 1.54) is 22.5 Å². The zero-order chi connectivity index (χ0) is 21.8. The maximum Gasteiger partial charge on any atom is 0.293 e. The third kappa shape index (κ3) is 5.04. The monoisotopic (exact) mass is 438 g/mol. The van der Waals surface area contributed by atoms with Gasteiger partial charge in [0.15, 0.2) is 10.9 Å². The van der Waals surface area contributed by atoms with Crippen LogP contribution in [0.15, 0.2) is 52.5 Å². The molecule has 0 aliphatic carbocycles. The minimum atomic E-state index is -0.409. The van der Waals surface area contributed by atoms with E-state index in [1.807, 2.05) is 0 Å². The summed E-state index contributed by atoms with van der Waals surface area (Å²) < 4.78 is 5.03. The Bertz CT molecular complexity index is 1110. The first-order valence-electron chi connectivity index (χ1n) is 9.49. The second kappa shape index (κ2) is 8.92. The molecule has 9 nitrogen and oxygen atoms in total. The fourth-order valence-corrected chi connectivity index (χ4v) is 3.76. The van der Waals surface area contributed by atoms with Crippen molar-refractivity contribution in [3.05, 3.63) is 65.1 Å². The average Bonchev–Trinajstić information content (AvgIpc) is 3.49. The van der Waals surface area contributed by atoms with Crippen LogP contribution in [0.2, 0.25) is 0 Å². The number of nitrogens with zero attached hydrogens (tertiary/aromatic N) is 2. The minimum Gasteiger partial charge on any atom is -0.459 e. The highest BCUT2D eigenvalue weighted by atomic mass is 32.1. The molecule has 1 aromatic carbocycles. The number of imide groups is 1. The normalized spacial score (nSPS) is 13.5. The summed E-state index contributed by atoms with van der Waals surface area (Å²) in [5.41, 5.74) is 1.92. The number of furan rings is 1. The molecule has 4 rings (SSSR count). The molecule has 1 aliphatic heterocycles. The van der Waals surface area contributed by atoms with Gasteiger partial charge in [0.2, 0.25) is 17.7 Å². The topological polar surface area (TPSA) is 122 Å². The Hall–Kier alpha value is -3.79. The van der Waals surface area contributed by atoms with Crippen molar-refractivity contribution in [2.75, 3.05) is 10.6 Å². The molecular formula is C21H18N4O5S. The molecule has 2 N–H and O–H groups in total. The quantitative estimate of drug-likeness (QED) is 0.547. The Balaban J connectivity index is 1.29. The van der Waals surface area contributed by atoms with Crippen molar-refractivity contribution in [2.45, 2.75) is 25.8 Å². The molecule has 0 radical (unpaired) electrons. The first-order valence-corrected chi connectivity index (χ1v) is 10.4. The molecule has 1 aliphatic rings. The van der Waals surface area contributed by atoms with Crippen molar-refractivity contribution in [1.82, 2.24) is 9.88 Å². The lowest BCUT2D eigenvalue weighted by Gasteiger charge is -2.14. The van der Waals surface area contributed by atoms with E-state index in [2.05, 4.69) is 15.6 Å². The van der Waals surface area contributed by atoms with E-state index < -0.39 is 5.91 Å². The lowest BCUT2D eigenvalue weighted by Crippen LogP contribution is -2.28. The molecule has 0 atom stereocenters. The maximum atomic E-state index is 12.3. The Morgan fingerprint density at radius 1 is 1.06 bits per heavy atom. The third-order valence-corrected chi connectivity index (χ3v) is 5.40. The summed E-state index contributed by atoms with van der Waals surface area (Å²) in [6.45, 7) is 0.233. The second-order valence-corrected chi connectivity index (χ2v) is 7.73. The summed E-state index contributed by atoms with van der Waals surface area (Å²) in [5.74, 6) is -0.813. The van der Waals surface area contributed by atoms with Gasteiger partial charge in [0.05, 0.1) is 24.9 Å². The molecule has 0 unspecified atom stereocenters. The number of hydrogen-bond donors (Lipinski definition) is 2. The number of anilines is 2. The predicted molar refractivity (Wildman–Crippen MR) is 112 cm³/mol. The number of nitrogens with one attached hydrogen (secondary N) is 2. The molecule has 1 fully saturated rings. The summed E-state index contributed by atoms with van der Waals surface area (Å²) in [7, 11) is 0. The van der Waals surface area contributed by atoms with Gasteiger partial charge in [0.25, 0.3) is 5.91 Å². The number of carbonyl (C=O) groups excluding carboxylic acids is 4. The highest BCUT2D eigenvalue weighted by molar-refractivity contribution is 7.14. The van der Waals surface area contributed by atoms with Crippen LogP contribution in [0.5, 0.6) is 0 Å². The van der Waals surface area contributed by atoms with Gasteiger partial charge in [-0.25, -0.2) is 4.98 Å². The van der Waals surface area contributed by atoms with Crippen LogP contribution in [-0.4, -0.2) is 33.5 Å². The van der Waals surface area contributed by atoms with Crippen molar-refractivity contribution in [2.24, 2.45) is 0 Å². The van der Waals surface area contributed by atoms with Gasteiger partial charge in [-0.15, -0.1) is 11.3 Å². The van der Waals surface area contributed by atoms with Gasteiger partial charge in [-0.1, -0.05) is 12.1 Å². The smallest absolute Gasteiger partial charge is 0.293 e. The van der Waals surface area contributed by atoms with Crippen LogP contribution >= 0.6 is 11.3 Å². The van der Waals surface area contributed by atoms with Crippen molar-refractivity contribution in [3.8, 4) is 0 Å². The van der Waals surface area contributed by atoms with Gasteiger partial charge >= 0.3 is 0 Å². The largest absolute Gasteiger partial charge is 0.459 e. The Morgan fingerprint density at radius 2 is 1.81 bits per heavy atom. The van der Waals surface area contributed by atoms with Crippen molar-refractivity contribution >= 4 is 45.8 Å². The highest BCUT2D eigenvalue weighted by Crippen LogP contribution is 2.19. The summed E-state index contributed by atoms with van der Waals surface area (Å²) in [4.78, 5) is 53.2. The molecule has 158 valence electrons. The molecule has 10 heteroatoms. The molecule has 0 spiro atoms. The van der Waals surface area contributed by atoms with Crippen LogP contribution in [0.4, 0.5) is 10.8 Å². The van der Waals surface area contributed by atoms with Crippen LogP contribution in [0.1, 0.15) is 34.7 Å². The van der Waals surface area contributed by atoms with Crippen LogP contribution < -0.4 is 10.6 Å². The second-order valence-electron chi connectivity index (χ2n) is 6.87. The molecule has 4 amide bonds. The number of hydrogen-bond acceptors (Lipinski definition) is 7. The van der Waals surface area contributed by atoms with Gasteiger partial charge in [-0.2, -0.15) is 0 Å². The van der Waals surface area contributed by atoms with E-state index in [1.54, 1.807) is 41.8 Å². The summed E-state index contributed by atoms with van der Waals surface area (Å²) in [6.07, 6.45) is 1.98. The van der Waals surface area contributed by atoms with Crippen molar-refractivity contribution < 1.29 is 23.6 Å². The lowest BCUT2D eigenvalue weighted by molar-refractivity contribution is -0.139. The fourth-order valence-electron chi connectivity index (χ4n) is 3.06. The van der Waals surface area contributed by atoms with E-state index in [4.69, 9.17) is 4.42 Å². The first kappa shape index (κ1) is 20.5. The number of aromatic nitrogens is 1. The number of benzene rings is 1. The molecule has 3 aromatic rings. The third-order valence-electron chi connectivity index (χ3n) is 4.59. The zero-order valence-corrected chi connectivity index (χ0v) is 17.1. The summed E-state index contributed by atoms with van der Waals surface area (Å²) in [5, 5.41) is 7.47. The van der Waals surface area contributed by atoms with E-state index in [9.17, 15) is 19.2 Å². The Kier molecular flexibility index (Phi) is 5.89. The van der Waals surface area contributed by atoms with E-state index in [0.29, 0.717) is 16.5 Å². The zero-order valence-electron chi connectivity index (χ0n) is 16.3. The summed E-state index contributed by atoms with van der Waals surface area (Å²) >= 11 is 1.22. The standard InChI is InChI=1S/C21H18N4O5S/c26-17(10-15-12-31-21(23-15)24-20(29)16-2-1-9-30-16)22-14-5-3-13(4-6-14)11-25-18(27)7-8-19(25)28/h1-6,9,12H,7-8,10-11H2,(H,22,26)(H,23,24,29). The number of likely N-dealkylation sites (tertiary alicyclic amines) is 1. The molecule has 0 bridgehead atoms. The minimum absolute atomic E-state index is 0.0473.